The molecule has 1 amide bonds. The van der Waals surface area contributed by atoms with Gasteiger partial charge in [-0.05, 0) is 125 Å². The summed E-state index contributed by atoms with van der Waals surface area (Å²) < 4.78 is 54.6. The lowest BCUT2D eigenvalue weighted by molar-refractivity contribution is -0.236. The number of rotatable bonds is 10. The fourth-order valence-corrected chi connectivity index (χ4v) is 13.5. The molecule has 5 fully saturated rings. The van der Waals surface area contributed by atoms with E-state index in [0.717, 1.165) is 32.1 Å². The van der Waals surface area contributed by atoms with Crippen LogP contribution < -0.4 is 0 Å². The molecule has 7 nitrogen and oxygen atoms in total. The van der Waals surface area contributed by atoms with Crippen LogP contribution in [-0.2, 0) is 14.6 Å². The summed E-state index contributed by atoms with van der Waals surface area (Å²) in [5.41, 5.74) is -0.596. The second-order valence-electron chi connectivity index (χ2n) is 17.3. The van der Waals surface area contributed by atoms with Crippen molar-refractivity contribution < 1.29 is 32.2 Å². The van der Waals surface area contributed by atoms with Crippen molar-refractivity contribution >= 4 is 15.7 Å². The van der Waals surface area contributed by atoms with Crippen LogP contribution in [0.15, 0.2) is 0 Å². The summed E-state index contributed by atoms with van der Waals surface area (Å²) in [6.45, 7) is 16.5. The number of halogens is 2. The van der Waals surface area contributed by atoms with Gasteiger partial charge in [-0.1, -0.05) is 20.8 Å². The third kappa shape index (κ3) is 6.68. The Morgan fingerprint density at radius 3 is 2.17 bits per heavy atom. The largest absolute Gasteiger partial charge is 0.393 e. The van der Waals surface area contributed by atoms with Crippen molar-refractivity contribution in [3.8, 4) is 0 Å². The molecule has 266 valence electrons. The van der Waals surface area contributed by atoms with Crippen LogP contribution in [0.25, 0.3) is 0 Å². The second kappa shape index (κ2) is 13.1. The Balaban J connectivity index is 1.26. The summed E-state index contributed by atoms with van der Waals surface area (Å²) >= 11 is 0. The Kier molecular flexibility index (Phi) is 10.4. The van der Waals surface area contributed by atoms with Crippen molar-refractivity contribution in [3.05, 3.63) is 0 Å². The number of nitrogens with zero attached hydrogens (tertiary/aromatic N) is 2. The molecule has 4 aliphatic carbocycles. The van der Waals surface area contributed by atoms with E-state index in [-0.39, 0.29) is 71.3 Å². The first kappa shape index (κ1) is 36.4. The Hall–Kier alpha value is -0.840. The standard InChI is InChI=1S/C36H62F2N2O5S/c1-22(2)39(23(3)4)15-16-40(26-13-17-46(44,45)20-26)32(43)11-8-24(5)27-9-10-28-33-29(12-14-34(27,28)6)35(7)21-36(37,38)31(42)19-25(35)18-30(33)41/h22-31,33,41-42H,8-21H2,1-7H3/t24-,25-,26?,27-,28?,29?,30?,31-,33?,34-,35+/m1/s1. The minimum atomic E-state index is -3.13. The van der Waals surface area contributed by atoms with Crippen LogP contribution >= 0.6 is 0 Å². The van der Waals surface area contributed by atoms with Crippen LogP contribution in [0.1, 0.15) is 113 Å². The number of hydrogen-bond donors (Lipinski definition) is 2. The maximum atomic E-state index is 14.9. The lowest BCUT2D eigenvalue weighted by Gasteiger charge is -2.63. The zero-order chi connectivity index (χ0) is 34.0. The highest BCUT2D eigenvalue weighted by atomic mass is 32.2. The SMILES string of the molecule is CC(C)N(CCN(C(=O)CC[C@@H](C)[C@H]1CCC2C3C(O)C[C@@H]4C[C@@H](O)C(F)(F)C[C@]4(C)C3CC[C@@]21C)C1CCS(=O)(=O)C1)C(C)C. The number of hydrogen-bond acceptors (Lipinski definition) is 6. The van der Waals surface area contributed by atoms with E-state index in [4.69, 9.17) is 0 Å². The van der Waals surface area contributed by atoms with Crippen molar-refractivity contribution in [1.29, 1.82) is 0 Å². The second-order valence-corrected chi connectivity index (χ2v) is 19.5. The van der Waals surface area contributed by atoms with Gasteiger partial charge in [-0.3, -0.25) is 9.69 Å². The number of carbonyl (C=O) groups is 1. The summed E-state index contributed by atoms with van der Waals surface area (Å²) in [7, 11) is -3.13. The van der Waals surface area contributed by atoms with Crippen molar-refractivity contribution in [2.75, 3.05) is 24.6 Å². The summed E-state index contributed by atoms with van der Waals surface area (Å²) in [4.78, 5) is 18.1. The average Bonchev–Trinajstić information content (AvgIpc) is 3.49. The Bertz CT molecular complexity index is 1210. The molecular formula is C36H62F2N2O5S. The van der Waals surface area contributed by atoms with Crippen molar-refractivity contribution in [3.63, 3.8) is 0 Å². The van der Waals surface area contributed by atoms with Gasteiger partial charge in [-0.15, -0.1) is 0 Å². The zero-order valence-corrected chi connectivity index (χ0v) is 30.2. The number of alkyl halides is 2. The van der Waals surface area contributed by atoms with Gasteiger partial charge in [0.15, 0.2) is 9.84 Å². The first-order valence-electron chi connectivity index (χ1n) is 18.3. The molecule has 0 aromatic heterocycles. The molecule has 2 N–H and O–H groups in total. The van der Waals surface area contributed by atoms with Gasteiger partial charge in [0.2, 0.25) is 5.91 Å². The zero-order valence-electron chi connectivity index (χ0n) is 29.4. The number of fused-ring (bicyclic) bond motifs is 5. The van der Waals surface area contributed by atoms with Crippen molar-refractivity contribution in [1.82, 2.24) is 9.80 Å². The van der Waals surface area contributed by atoms with Gasteiger partial charge in [0, 0.05) is 44.1 Å². The number of carbonyl (C=O) groups excluding carboxylic acids is 1. The molecule has 1 heterocycles. The Labute approximate surface area is 277 Å². The molecule has 1 aliphatic heterocycles. The molecule has 0 aromatic carbocycles. The fraction of sp³-hybridized carbons (Fsp3) is 0.972. The van der Waals surface area contributed by atoms with Gasteiger partial charge in [-0.2, -0.15) is 0 Å². The van der Waals surface area contributed by atoms with E-state index in [1.807, 2.05) is 11.8 Å². The lowest BCUT2D eigenvalue weighted by Crippen LogP contribution is -2.62. The summed E-state index contributed by atoms with van der Waals surface area (Å²) in [5, 5.41) is 21.7. The molecule has 0 aromatic rings. The highest BCUT2D eigenvalue weighted by molar-refractivity contribution is 7.91. The molecule has 5 rings (SSSR count). The minimum absolute atomic E-state index is 0.00505. The van der Waals surface area contributed by atoms with Gasteiger partial charge in [0.1, 0.15) is 6.10 Å². The summed E-state index contributed by atoms with van der Waals surface area (Å²) in [5.74, 6) is -1.98. The van der Waals surface area contributed by atoms with Crippen LogP contribution in [0.5, 0.6) is 0 Å². The van der Waals surface area contributed by atoms with E-state index in [2.05, 4.69) is 46.4 Å². The van der Waals surface area contributed by atoms with E-state index in [1.165, 1.54) is 0 Å². The van der Waals surface area contributed by atoms with Crippen LogP contribution in [0.4, 0.5) is 8.78 Å². The average molecular weight is 673 g/mol. The van der Waals surface area contributed by atoms with Crippen LogP contribution in [0, 0.1) is 46.3 Å². The molecule has 5 aliphatic rings. The molecular weight excluding hydrogens is 610 g/mol. The van der Waals surface area contributed by atoms with Crippen LogP contribution in [0.2, 0.25) is 0 Å². The van der Waals surface area contributed by atoms with Crippen molar-refractivity contribution in [2.24, 2.45) is 46.3 Å². The van der Waals surface area contributed by atoms with Gasteiger partial charge in [0.25, 0.3) is 5.92 Å². The van der Waals surface area contributed by atoms with E-state index in [1.54, 1.807) is 0 Å². The van der Waals surface area contributed by atoms with Gasteiger partial charge in [0.05, 0.1) is 17.6 Å². The molecule has 11 atom stereocenters. The molecule has 0 bridgehead atoms. The maximum Gasteiger partial charge on any atom is 0.274 e. The van der Waals surface area contributed by atoms with Gasteiger partial charge < -0.3 is 15.1 Å². The quantitative estimate of drug-likeness (QED) is 0.306. The van der Waals surface area contributed by atoms with E-state index >= 15 is 0 Å². The third-order valence-electron chi connectivity index (χ3n) is 14.2. The molecule has 1 saturated heterocycles. The number of amides is 1. The topological polar surface area (TPSA) is 98.2 Å². The molecule has 0 radical (unpaired) electrons. The fourth-order valence-electron chi connectivity index (χ4n) is 11.8. The molecule has 4 saturated carbocycles. The van der Waals surface area contributed by atoms with E-state index in [0.29, 0.717) is 50.4 Å². The number of sulfone groups is 1. The molecule has 0 spiro atoms. The van der Waals surface area contributed by atoms with Gasteiger partial charge in [-0.25, -0.2) is 17.2 Å². The van der Waals surface area contributed by atoms with Gasteiger partial charge >= 0.3 is 0 Å². The Morgan fingerprint density at radius 1 is 0.913 bits per heavy atom. The monoisotopic (exact) mass is 672 g/mol. The minimum Gasteiger partial charge on any atom is -0.393 e. The Morgan fingerprint density at radius 2 is 1.57 bits per heavy atom. The first-order chi connectivity index (χ1) is 21.3. The third-order valence-corrected chi connectivity index (χ3v) is 15.9. The smallest absolute Gasteiger partial charge is 0.274 e. The van der Waals surface area contributed by atoms with Crippen LogP contribution in [0.3, 0.4) is 0 Å². The lowest BCUT2D eigenvalue weighted by atomic mass is 9.43. The predicted octanol–water partition coefficient (Wildman–Crippen LogP) is 5.77. The predicted molar refractivity (Wildman–Crippen MR) is 177 cm³/mol. The highest BCUT2D eigenvalue weighted by Gasteiger charge is 2.66. The molecule has 46 heavy (non-hydrogen) atoms. The summed E-state index contributed by atoms with van der Waals surface area (Å²) in [6.07, 6.45) is 3.49. The normalized spacial score (nSPS) is 42.1. The maximum absolute atomic E-state index is 14.9. The highest BCUT2D eigenvalue weighted by Crippen LogP contribution is 2.69. The van der Waals surface area contributed by atoms with Crippen LogP contribution in [-0.4, -0.2) is 95.2 Å². The first-order valence-corrected chi connectivity index (χ1v) is 20.1. The summed E-state index contributed by atoms with van der Waals surface area (Å²) in [6, 6.07) is 0.393. The molecule has 10 heteroatoms. The van der Waals surface area contributed by atoms with Crippen molar-refractivity contribution in [2.45, 2.75) is 149 Å². The van der Waals surface area contributed by atoms with E-state index in [9.17, 15) is 32.2 Å². The number of aliphatic hydroxyl groups is 2. The van der Waals surface area contributed by atoms with E-state index < -0.39 is 33.4 Å². The molecule has 5 unspecified atom stereocenters. The number of aliphatic hydroxyl groups excluding tert-OH is 2.